The van der Waals surface area contributed by atoms with E-state index < -0.39 is 0 Å². The zero-order valence-corrected chi connectivity index (χ0v) is 11.5. The molecular weight excluding hydrogens is 244 g/mol. The Balaban J connectivity index is 1.80. The molecule has 1 N–H and O–H groups in total. The van der Waals surface area contributed by atoms with Gasteiger partial charge in [0.1, 0.15) is 10.5 Å². The molecular formula is C14H20N2OS. The fourth-order valence-electron chi connectivity index (χ4n) is 2.95. The minimum Gasteiger partial charge on any atom is -0.378 e. The molecule has 0 amide bonds. The molecule has 2 heterocycles. The van der Waals surface area contributed by atoms with Gasteiger partial charge >= 0.3 is 0 Å². The monoisotopic (exact) mass is 264 g/mol. The second-order valence-corrected chi connectivity index (χ2v) is 5.73. The standard InChI is InChI=1S/C14H20N2OS/c18-14-11-6-1-2-7-12(11)15-13(16-14)9-10-5-3-4-8-17-10/h10H,1-9H2,(H,15,16,18). The predicted molar refractivity (Wildman–Crippen MR) is 73.4 cm³/mol. The molecule has 1 aliphatic carbocycles. The Morgan fingerprint density at radius 3 is 2.94 bits per heavy atom. The number of hydrogen-bond acceptors (Lipinski definition) is 3. The molecule has 0 bridgehead atoms. The van der Waals surface area contributed by atoms with Crippen LogP contribution in [0.1, 0.15) is 49.2 Å². The first kappa shape index (κ1) is 12.3. The molecule has 0 aromatic carbocycles. The number of nitrogens with zero attached hydrogens (tertiary/aromatic N) is 1. The van der Waals surface area contributed by atoms with Gasteiger partial charge in [0.15, 0.2) is 0 Å². The fraction of sp³-hybridized carbons (Fsp3) is 0.714. The highest BCUT2D eigenvalue weighted by Crippen LogP contribution is 2.21. The van der Waals surface area contributed by atoms with Crippen molar-refractivity contribution in [1.82, 2.24) is 9.97 Å². The lowest BCUT2D eigenvalue weighted by atomic mass is 9.97. The van der Waals surface area contributed by atoms with E-state index in [1.807, 2.05) is 0 Å². The number of H-pyrrole nitrogens is 1. The molecule has 1 unspecified atom stereocenters. The SMILES string of the molecule is S=c1nc(CC2CCCCO2)[nH]c2c1CCCC2. The van der Waals surface area contributed by atoms with Gasteiger partial charge in [0.2, 0.25) is 0 Å². The zero-order chi connectivity index (χ0) is 12.4. The third-order valence-corrected chi connectivity index (χ3v) is 4.29. The summed E-state index contributed by atoms with van der Waals surface area (Å²) in [6.07, 6.45) is 9.58. The molecule has 0 saturated carbocycles. The van der Waals surface area contributed by atoms with E-state index in [1.54, 1.807) is 0 Å². The molecule has 2 aliphatic rings. The average Bonchev–Trinajstić information content (AvgIpc) is 2.40. The van der Waals surface area contributed by atoms with Crippen molar-refractivity contribution in [3.63, 3.8) is 0 Å². The average molecular weight is 264 g/mol. The maximum atomic E-state index is 5.77. The number of rotatable bonds is 2. The number of aryl methyl sites for hydroxylation is 1. The lowest BCUT2D eigenvalue weighted by Gasteiger charge is -2.23. The van der Waals surface area contributed by atoms with Crippen LogP contribution in [0.4, 0.5) is 0 Å². The van der Waals surface area contributed by atoms with Gasteiger partial charge in [-0.1, -0.05) is 12.2 Å². The molecule has 1 aromatic heterocycles. The maximum Gasteiger partial charge on any atom is 0.133 e. The Morgan fingerprint density at radius 1 is 1.22 bits per heavy atom. The number of ether oxygens (including phenoxy) is 1. The quantitative estimate of drug-likeness (QED) is 0.834. The molecule has 0 spiro atoms. The van der Waals surface area contributed by atoms with Crippen molar-refractivity contribution in [2.75, 3.05) is 6.61 Å². The normalized spacial score (nSPS) is 23.7. The molecule has 98 valence electrons. The van der Waals surface area contributed by atoms with Crippen molar-refractivity contribution >= 4 is 12.2 Å². The van der Waals surface area contributed by atoms with Crippen LogP contribution in [0.2, 0.25) is 0 Å². The minimum absolute atomic E-state index is 0.332. The summed E-state index contributed by atoms with van der Waals surface area (Å²) in [4.78, 5) is 8.06. The van der Waals surface area contributed by atoms with Gasteiger partial charge in [-0.05, 0) is 44.9 Å². The summed E-state index contributed by atoms with van der Waals surface area (Å²) < 4.78 is 6.59. The van der Waals surface area contributed by atoms with Crippen molar-refractivity contribution in [2.45, 2.75) is 57.5 Å². The summed E-state index contributed by atoms with van der Waals surface area (Å²) in [6.45, 7) is 0.899. The molecule has 1 aliphatic heterocycles. The molecule has 1 aromatic rings. The Kier molecular flexibility index (Phi) is 3.75. The van der Waals surface area contributed by atoms with E-state index in [9.17, 15) is 0 Å². The van der Waals surface area contributed by atoms with Gasteiger partial charge < -0.3 is 9.72 Å². The zero-order valence-electron chi connectivity index (χ0n) is 10.7. The van der Waals surface area contributed by atoms with Crippen LogP contribution >= 0.6 is 12.2 Å². The molecule has 0 radical (unpaired) electrons. The molecule has 4 heteroatoms. The highest BCUT2D eigenvalue weighted by atomic mass is 32.1. The third-order valence-electron chi connectivity index (χ3n) is 3.95. The summed E-state index contributed by atoms with van der Waals surface area (Å²) in [5.74, 6) is 1.02. The highest BCUT2D eigenvalue weighted by Gasteiger charge is 2.18. The van der Waals surface area contributed by atoms with Crippen LogP contribution in [-0.4, -0.2) is 22.7 Å². The van der Waals surface area contributed by atoms with Crippen LogP contribution in [0, 0.1) is 4.64 Å². The minimum atomic E-state index is 0.332. The first-order chi connectivity index (χ1) is 8.83. The van der Waals surface area contributed by atoms with E-state index >= 15 is 0 Å². The Labute approximate surface area is 113 Å². The van der Waals surface area contributed by atoms with Crippen molar-refractivity contribution < 1.29 is 4.74 Å². The van der Waals surface area contributed by atoms with Gasteiger partial charge in [-0.25, -0.2) is 4.98 Å². The molecule has 18 heavy (non-hydrogen) atoms. The molecule has 1 fully saturated rings. The van der Waals surface area contributed by atoms with Crippen LogP contribution < -0.4 is 0 Å². The summed E-state index contributed by atoms with van der Waals surface area (Å²) in [5, 5.41) is 0. The Morgan fingerprint density at radius 2 is 2.11 bits per heavy atom. The largest absolute Gasteiger partial charge is 0.378 e. The topological polar surface area (TPSA) is 37.9 Å². The van der Waals surface area contributed by atoms with Crippen molar-refractivity contribution in [1.29, 1.82) is 0 Å². The third kappa shape index (κ3) is 2.64. The lowest BCUT2D eigenvalue weighted by molar-refractivity contribution is 0.0156. The fourth-order valence-corrected chi connectivity index (χ4v) is 3.29. The van der Waals surface area contributed by atoms with Crippen molar-refractivity contribution in [2.24, 2.45) is 0 Å². The van der Waals surface area contributed by atoms with E-state index in [4.69, 9.17) is 17.0 Å². The highest BCUT2D eigenvalue weighted by molar-refractivity contribution is 7.71. The Hall–Kier alpha value is -0.740. The number of hydrogen-bond donors (Lipinski definition) is 1. The van der Waals surface area contributed by atoms with Gasteiger partial charge in [-0.15, -0.1) is 0 Å². The van der Waals surface area contributed by atoms with Crippen LogP contribution in [-0.2, 0) is 24.0 Å². The lowest BCUT2D eigenvalue weighted by Crippen LogP contribution is -2.23. The van der Waals surface area contributed by atoms with E-state index in [-0.39, 0.29) is 0 Å². The van der Waals surface area contributed by atoms with Gasteiger partial charge in [0.05, 0.1) is 6.10 Å². The summed E-state index contributed by atoms with van der Waals surface area (Å²) in [5.41, 5.74) is 2.61. The van der Waals surface area contributed by atoms with E-state index in [0.29, 0.717) is 6.10 Å². The first-order valence-electron chi connectivity index (χ1n) is 7.05. The van der Waals surface area contributed by atoms with E-state index in [1.165, 1.54) is 36.9 Å². The number of aromatic amines is 1. The van der Waals surface area contributed by atoms with Gasteiger partial charge in [0, 0.05) is 24.3 Å². The van der Waals surface area contributed by atoms with Crippen molar-refractivity contribution in [3.05, 3.63) is 21.7 Å². The number of fused-ring (bicyclic) bond motifs is 1. The smallest absolute Gasteiger partial charge is 0.133 e. The summed E-state index contributed by atoms with van der Waals surface area (Å²) in [7, 11) is 0. The van der Waals surface area contributed by atoms with Crippen LogP contribution in [0.15, 0.2) is 0 Å². The predicted octanol–water partition coefficient (Wildman–Crippen LogP) is 3.13. The second kappa shape index (κ2) is 5.49. The number of aromatic nitrogens is 2. The second-order valence-electron chi connectivity index (χ2n) is 5.35. The van der Waals surface area contributed by atoms with Crippen molar-refractivity contribution in [3.8, 4) is 0 Å². The summed E-state index contributed by atoms with van der Waals surface area (Å²) >= 11 is 5.42. The molecule has 1 atom stereocenters. The van der Waals surface area contributed by atoms with Gasteiger partial charge in [-0.2, -0.15) is 0 Å². The van der Waals surface area contributed by atoms with Crippen LogP contribution in [0.25, 0.3) is 0 Å². The maximum absolute atomic E-state index is 5.77. The first-order valence-corrected chi connectivity index (χ1v) is 7.46. The van der Waals surface area contributed by atoms with Crippen LogP contribution in [0.5, 0.6) is 0 Å². The Bertz CT molecular complexity index is 477. The van der Waals surface area contributed by atoms with E-state index in [2.05, 4.69) is 9.97 Å². The molecule has 3 rings (SSSR count). The van der Waals surface area contributed by atoms with Gasteiger partial charge in [0.25, 0.3) is 0 Å². The molecule has 1 saturated heterocycles. The van der Waals surface area contributed by atoms with Crippen LogP contribution in [0.3, 0.4) is 0 Å². The van der Waals surface area contributed by atoms with E-state index in [0.717, 1.165) is 42.8 Å². The molecule has 3 nitrogen and oxygen atoms in total. The summed E-state index contributed by atoms with van der Waals surface area (Å²) in [6, 6.07) is 0. The number of nitrogens with one attached hydrogen (secondary N) is 1. The van der Waals surface area contributed by atoms with Gasteiger partial charge in [-0.3, -0.25) is 0 Å².